The van der Waals surface area contributed by atoms with Crippen molar-refractivity contribution in [3.8, 4) is 0 Å². The molecule has 38 heavy (non-hydrogen) atoms. The van der Waals surface area contributed by atoms with Crippen LogP contribution in [0.2, 0.25) is 0 Å². The predicted molar refractivity (Wildman–Crippen MR) is 125 cm³/mol. The van der Waals surface area contributed by atoms with Crippen molar-refractivity contribution in [2.75, 3.05) is 18.1 Å². The van der Waals surface area contributed by atoms with Crippen LogP contribution in [0.3, 0.4) is 0 Å². The second kappa shape index (κ2) is 11.7. The number of halogens is 4. The molecule has 13 heteroatoms. The second-order valence-corrected chi connectivity index (χ2v) is 8.81. The number of nitrogens with zero attached hydrogens (tertiary/aromatic N) is 3. The van der Waals surface area contributed by atoms with Crippen molar-refractivity contribution in [3.05, 3.63) is 77.0 Å². The van der Waals surface area contributed by atoms with Gasteiger partial charge in [-0.3, -0.25) is 14.5 Å². The Morgan fingerprint density at radius 2 is 2.00 bits per heavy atom. The number of anilines is 1. The van der Waals surface area contributed by atoms with Gasteiger partial charge in [-0.25, -0.2) is 17.6 Å². The molecule has 2 saturated heterocycles. The zero-order valence-corrected chi connectivity index (χ0v) is 20.1. The maximum absolute atomic E-state index is 13.6. The van der Waals surface area contributed by atoms with E-state index in [0.717, 1.165) is 42.4 Å². The summed E-state index contributed by atoms with van der Waals surface area (Å²) in [5, 5.41) is 22.2. The van der Waals surface area contributed by atoms with Crippen molar-refractivity contribution in [3.63, 3.8) is 0 Å². The van der Waals surface area contributed by atoms with E-state index in [9.17, 15) is 32.3 Å². The van der Waals surface area contributed by atoms with Crippen LogP contribution in [-0.4, -0.2) is 51.1 Å². The van der Waals surface area contributed by atoms with Gasteiger partial charge in [0.15, 0.2) is 17.5 Å². The first kappa shape index (κ1) is 27.2. The van der Waals surface area contributed by atoms with Crippen molar-refractivity contribution in [2.24, 2.45) is 0 Å². The molecule has 0 saturated carbocycles. The van der Waals surface area contributed by atoms with E-state index in [-0.39, 0.29) is 42.8 Å². The Hall–Kier alpha value is -3.84. The summed E-state index contributed by atoms with van der Waals surface area (Å²) in [5.74, 6) is -4.58. The molecule has 0 aliphatic carbocycles. The summed E-state index contributed by atoms with van der Waals surface area (Å²) in [4.78, 5) is 25.6. The van der Waals surface area contributed by atoms with Gasteiger partial charge in [0.05, 0.1) is 12.3 Å². The molecule has 2 aromatic carbocycles. The lowest BCUT2D eigenvalue weighted by Crippen LogP contribution is -2.52. The molecule has 0 bridgehead atoms. The Labute approximate surface area is 214 Å². The molecule has 2 unspecified atom stereocenters. The average Bonchev–Trinajstić information content (AvgIpc) is 3.56. The van der Waals surface area contributed by atoms with Gasteiger partial charge in [-0.05, 0) is 43.5 Å². The fourth-order valence-corrected chi connectivity index (χ4v) is 4.21. The van der Waals surface area contributed by atoms with Crippen molar-refractivity contribution in [2.45, 2.75) is 43.9 Å². The number of aromatic amines is 1. The Bertz CT molecular complexity index is 1290. The predicted octanol–water partition coefficient (Wildman–Crippen LogP) is 3.07. The highest BCUT2D eigenvalue weighted by molar-refractivity contribution is 6.16. The first-order valence-electron chi connectivity index (χ1n) is 11.9. The van der Waals surface area contributed by atoms with Crippen LogP contribution in [0.25, 0.3) is 0 Å². The van der Waals surface area contributed by atoms with Gasteiger partial charge in [0.25, 0.3) is 11.8 Å². The van der Waals surface area contributed by atoms with E-state index < -0.39 is 34.9 Å². The normalized spacial score (nSPS) is 21.1. The van der Waals surface area contributed by atoms with E-state index in [1.165, 1.54) is 24.4 Å². The molecule has 0 radical (unpaired) electrons. The Morgan fingerprint density at radius 3 is 2.71 bits per heavy atom. The van der Waals surface area contributed by atoms with Gasteiger partial charge in [0, 0.05) is 37.2 Å². The summed E-state index contributed by atoms with van der Waals surface area (Å²) < 4.78 is 58.3. The lowest BCUT2D eigenvalue weighted by atomic mass is 10.0. The van der Waals surface area contributed by atoms with Gasteiger partial charge >= 0.3 is 0 Å². The third-order valence-electron chi connectivity index (χ3n) is 6.31. The Kier molecular flexibility index (Phi) is 8.37. The number of benzene rings is 2. The van der Waals surface area contributed by atoms with Crippen molar-refractivity contribution < 1.29 is 37.0 Å². The van der Waals surface area contributed by atoms with E-state index >= 15 is 0 Å². The maximum atomic E-state index is 13.6. The molecular formula is C25H25F4N5O4. The van der Waals surface area contributed by atoms with E-state index in [2.05, 4.69) is 20.7 Å². The van der Waals surface area contributed by atoms with Crippen LogP contribution in [0, 0.1) is 23.3 Å². The second-order valence-electron chi connectivity index (χ2n) is 8.81. The summed E-state index contributed by atoms with van der Waals surface area (Å²) in [6.07, 6.45) is 3.66. The molecular weight excluding hydrogens is 510 g/mol. The molecule has 2 aliphatic heterocycles. The van der Waals surface area contributed by atoms with Crippen LogP contribution in [0.15, 0.2) is 42.6 Å². The summed E-state index contributed by atoms with van der Waals surface area (Å²) in [6.45, 7) is 0.353. The molecule has 3 aromatic rings. The fourth-order valence-electron chi connectivity index (χ4n) is 4.21. The molecule has 3 heterocycles. The summed E-state index contributed by atoms with van der Waals surface area (Å²) >= 11 is 0. The molecule has 2 atom stereocenters. The number of ether oxygens (including phenoxy) is 1. The number of aliphatic hydroxyl groups is 1. The zero-order chi connectivity index (χ0) is 27.3. The number of hydrogen-bond donors (Lipinski definition) is 3. The molecule has 5 rings (SSSR count). The number of carbonyl (C=O) groups is 2. The maximum Gasteiger partial charge on any atom is 0.270 e. The minimum absolute atomic E-state index is 0.0730. The van der Waals surface area contributed by atoms with Gasteiger partial charge < -0.3 is 15.2 Å². The standard InChI is InChI=1S/C14H13F2N5O3.C11H12F2O/c15-9-3-1-2-8(11(9)16)6-17-12(22)14(24)4-5-21(13(14)23)10-7-18-20-19-10;12-8-4-5-10(13)9(7-8)11-3-1-2-6-14-11/h1-3,7,24H,4-6H2,(H,17,22)(H,18,19,20);4-5,7,11H,1-3,6H2. The number of amides is 2. The summed E-state index contributed by atoms with van der Waals surface area (Å²) in [6, 6.07) is 7.04. The fraction of sp³-hybridized carbons (Fsp3) is 0.360. The Morgan fingerprint density at radius 1 is 1.18 bits per heavy atom. The molecule has 1 aromatic heterocycles. The molecule has 9 nitrogen and oxygen atoms in total. The van der Waals surface area contributed by atoms with Crippen LogP contribution in [-0.2, 0) is 20.9 Å². The third-order valence-corrected chi connectivity index (χ3v) is 6.31. The molecule has 2 amide bonds. The summed E-state index contributed by atoms with van der Waals surface area (Å²) in [5.41, 5.74) is -2.03. The highest BCUT2D eigenvalue weighted by Gasteiger charge is 2.52. The van der Waals surface area contributed by atoms with Crippen molar-refractivity contribution in [1.82, 2.24) is 20.7 Å². The van der Waals surface area contributed by atoms with E-state index in [4.69, 9.17) is 4.74 Å². The van der Waals surface area contributed by atoms with Crippen LogP contribution >= 0.6 is 0 Å². The number of aromatic nitrogens is 3. The highest BCUT2D eigenvalue weighted by atomic mass is 19.2. The van der Waals surface area contributed by atoms with E-state index in [1.54, 1.807) is 0 Å². The number of carbonyl (C=O) groups excluding carboxylic acids is 2. The minimum atomic E-state index is -2.29. The Balaban J connectivity index is 0.000000204. The van der Waals surface area contributed by atoms with Gasteiger partial charge in [-0.1, -0.05) is 12.1 Å². The molecule has 3 N–H and O–H groups in total. The SMILES string of the molecule is Fc1ccc(F)c(C2CCCCO2)c1.O=C(NCc1cccc(F)c1F)C1(O)CCN(c2cn[nH]n2)C1=O. The van der Waals surface area contributed by atoms with Gasteiger partial charge in [0.2, 0.25) is 5.60 Å². The minimum Gasteiger partial charge on any atom is -0.373 e. The van der Waals surface area contributed by atoms with Crippen LogP contribution < -0.4 is 10.2 Å². The first-order valence-corrected chi connectivity index (χ1v) is 11.9. The van der Waals surface area contributed by atoms with Gasteiger partial charge in [-0.2, -0.15) is 10.3 Å². The molecule has 2 fully saturated rings. The van der Waals surface area contributed by atoms with E-state index in [0.29, 0.717) is 12.2 Å². The van der Waals surface area contributed by atoms with Gasteiger partial charge in [0.1, 0.15) is 11.6 Å². The average molecular weight is 535 g/mol. The topological polar surface area (TPSA) is 120 Å². The van der Waals surface area contributed by atoms with Crippen molar-refractivity contribution >= 4 is 17.6 Å². The largest absolute Gasteiger partial charge is 0.373 e. The molecule has 2 aliphatic rings. The highest BCUT2D eigenvalue weighted by Crippen LogP contribution is 2.30. The zero-order valence-electron chi connectivity index (χ0n) is 20.1. The monoisotopic (exact) mass is 535 g/mol. The van der Waals surface area contributed by atoms with Gasteiger partial charge in [-0.15, -0.1) is 5.10 Å². The van der Waals surface area contributed by atoms with Crippen molar-refractivity contribution in [1.29, 1.82) is 0 Å². The third kappa shape index (κ3) is 5.83. The number of nitrogens with one attached hydrogen (secondary N) is 2. The quantitative estimate of drug-likeness (QED) is 0.341. The summed E-state index contributed by atoms with van der Waals surface area (Å²) in [7, 11) is 0. The number of hydrogen-bond acceptors (Lipinski definition) is 6. The van der Waals surface area contributed by atoms with Crippen LogP contribution in [0.5, 0.6) is 0 Å². The van der Waals surface area contributed by atoms with Crippen LogP contribution in [0.1, 0.15) is 42.9 Å². The van der Waals surface area contributed by atoms with Crippen LogP contribution in [0.4, 0.5) is 23.4 Å². The smallest absolute Gasteiger partial charge is 0.270 e. The molecule has 202 valence electrons. The first-order chi connectivity index (χ1) is 18.2. The van der Waals surface area contributed by atoms with E-state index in [1.807, 2.05) is 0 Å². The molecule has 0 spiro atoms. The lowest BCUT2D eigenvalue weighted by molar-refractivity contribution is -0.149. The lowest BCUT2D eigenvalue weighted by Gasteiger charge is -2.23. The number of rotatable bonds is 5. The number of H-pyrrole nitrogens is 1.